The fourth-order valence-corrected chi connectivity index (χ4v) is 4.86. The minimum Gasteiger partial charge on any atom is -0.480 e. The van der Waals surface area contributed by atoms with Crippen LogP contribution in [0.15, 0.2) is 72.8 Å². The number of carbonyl (C=O) groups is 3. The molecule has 7 nitrogen and oxygen atoms in total. The molecule has 0 radical (unpaired) electrons. The van der Waals surface area contributed by atoms with Crippen LogP contribution < -0.4 is 15.5 Å². The molecule has 3 aromatic carbocycles. The lowest BCUT2D eigenvalue weighted by Gasteiger charge is -2.24. The second-order valence-electron chi connectivity index (χ2n) is 9.43. The van der Waals surface area contributed by atoms with E-state index in [0.29, 0.717) is 27.0 Å². The molecule has 1 unspecified atom stereocenters. The molecule has 9 heteroatoms. The highest BCUT2D eigenvalue weighted by molar-refractivity contribution is 6.35. The maximum absolute atomic E-state index is 13.5. The molecule has 0 fully saturated rings. The van der Waals surface area contributed by atoms with Gasteiger partial charge >= 0.3 is 12.0 Å². The van der Waals surface area contributed by atoms with Crippen LogP contribution in [-0.4, -0.2) is 29.1 Å². The van der Waals surface area contributed by atoms with Gasteiger partial charge in [-0.25, -0.2) is 4.79 Å². The van der Waals surface area contributed by atoms with E-state index in [4.69, 9.17) is 28.3 Å². The third kappa shape index (κ3) is 7.62. The smallest absolute Gasteiger partial charge is 0.326 e. The molecule has 0 bridgehead atoms. The molecule has 1 aliphatic rings. The molecular formula is C30H29Cl2N3O4. The van der Waals surface area contributed by atoms with Gasteiger partial charge in [0.05, 0.1) is 6.54 Å². The average molecular weight is 566 g/mol. The second-order valence-corrected chi connectivity index (χ2v) is 10.3. The fourth-order valence-electron chi connectivity index (χ4n) is 4.34. The minimum absolute atomic E-state index is 0.218. The fraction of sp³-hybridized carbons (Fsp3) is 0.233. The predicted octanol–water partition coefficient (Wildman–Crippen LogP) is 7.39. The van der Waals surface area contributed by atoms with Gasteiger partial charge < -0.3 is 15.7 Å². The van der Waals surface area contributed by atoms with Crippen molar-refractivity contribution in [3.05, 3.63) is 99.5 Å². The van der Waals surface area contributed by atoms with Gasteiger partial charge in [0.15, 0.2) is 0 Å². The van der Waals surface area contributed by atoms with Crippen molar-refractivity contribution in [2.45, 2.75) is 45.2 Å². The molecule has 0 aliphatic heterocycles. The minimum atomic E-state index is -1.12. The van der Waals surface area contributed by atoms with Crippen molar-refractivity contribution in [2.75, 3.05) is 10.2 Å². The molecule has 1 aliphatic carbocycles. The number of allylic oxidation sites excluding steroid dienone is 2. The number of carboxylic acid groups (broad SMARTS) is 1. The number of nitrogens with zero attached hydrogens (tertiary/aromatic N) is 1. The molecule has 39 heavy (non-hydrogen) atoms. The summed E-state index contributed by atoms with van der Waals surface area (Å²) < 4.78 is 0. The van der Waals surface area contributed by atoms with E-state index < -0.39 is 17.9 Å². The maximum atomic E-state index is 13.5. The summed E-state index contributed by atoms with van der Waals surface area (Å²) in [4.78, 5) is 38.5. The van der Waals surface area contributed by atoms with Crippen LogP contribution in [0.25, 0.3) is 5.57 Å². The van der Waals surface area contributed by atoms with Crippen molar-refractivity contribution in [3.8, 4) is 0 Å². The van der Waals surface area contributed by atoms with E-state index in [-0.39, 0.29) is 12.6 Å². The van der Waals surface area contributed by atoms with E-state index in [9.17, 15) is 14.4 Å². The summed E-state index contributed by atoms with van der Waals surface area (Å²) in [6, 6.07) is 18.0. The molecule has 0 aromatic heterocycles. The molecule has 3 amide bonds. The first kappa shape index (κ1) is 28.2. The van der Waals surface area contributed by atoms with Crippen LogP contribution in [0.3, 0.4) is 0 Å². The van der Waals surface area contributed by atoms with Gasteiger partial charge in [-0.05, 0) is 91.8 Å². The number of hydrogen-bond donors (Lipinski definition) is 3. The van der Waals surface area contributed by atoms with Crippen molar-refractivity contribution in [3.63, 3.8) is 0 Å². The van der Waals surface area contributed by atoms with Gasteiger partial charge in [-0.3, -0.25) is 14.5 Å². The third-order valence-electron chi connectivity index (χ3n) is 6.47. The first-order valence-corrected chi connectivity index (χ1v) is 13.4. The number of halogens is 2. The van der Waals surface area contributed by atoms with E-state index in [0.717, 1.165) is 24.0 Å². The molecular weight excluding hydrogens is 537 g/mol. The van der Waals surface area contributed by atoms with E-state index >= 15 is 0 Å². The van der Waals surface area contributed by atoms with Gasteiger partial charge in [-0.2, -0.15) is 0 Å². The molecule has 0 heterocycles. The van der Waals surface area contributed by atoms with Crippen LogP contribution in [0, 0.1) is 0 Å². The van der Waals surface area contributed by atoms with Gasteiger partial charge in [0.1, 0.15) is 6.04 Å². The van der Waals surface area contributed by atoms with E-state index in [2.05, 4.69) is 16.7 Å². The number of carbonyl (C=O) groups excluding carboxylic acids is 2. The zero-order chi connectivity index (χ0) is 27.9. The Morgan fingerprint density at radius 1 is 0.949 bits per heavy atom. The largest absolute Gasteiger partial charge is 0.480 e. The standard InChI is InChI=1S/C30H29Cl2N3O4/c1-19(29(37)38)33-28(36)23-9-7-20(8-10-23)18-35(30(39)34-26-16-24(31)15-25(32)17-26)27-13-11-22(12-14-27)21-5-3-2-4-6-21/h5,7-17,19H,2-4,6,18H2,1H3,(H,33,36)(H,34,39)(H,37,38). The number of aliphatic carboxylic acids is 1. The second kappa shape index (κ2) is 12.8. The summed E-state index contributed by atoms with van der Waals surface area (Å²) in [6.07, 6.45) is 6.79. The Morgan fingerprint density at radius 3 is 2.21 bits per heavy atom. The van der Waals surface area contributed by atoms with E-state index in [1.807, 2.05) is 24.3 Å². The van der Waals surface area contributed by atoms with Crippen LogP contribution in [0.5, 0.6) is 0 Å². The van der Waals surface area contributed by atoms with Gasteiger partial charge in [0.2, 0.25) is 0 Å². The highest BCUT2D eigenvalue weighted by Gasteiger charge is 2.19. The highest BCUT2D eigenvalue weighted by atomic mass is 35.5. The summed E-state index contributed by atoms with van der Waals surface area (Å²) >= 11 is 12.2. The number of amides is 3. The average Bonchev–Trinajstić information content (AvgIpc) is 2.92. The summed E-state index contributed by atoms with van der Waals surface area (Å²) in [7, 11) is 0. The molecule has 202 valence electrons. The normalized spacial score (nSPS) is 13.7. The Morgan fingerprint density at radius 2 is 1.62 bits per heavy atom. The number of benzene rings is 3. The van der Waals surface area contributed by atoms with E-state index in [1.54, 1.807) is 47.4 Å². The van der Waals surface area contributed by atoms with Crippen LogP contribution in [0.1, 0.15) is 54.1 Å². The number of urea groups is 1. The molecule has 0 saturated carbocycles. The SMILES string of the molecule is CC(NC(=O)c1ccc(CN(C(=O)Nc2cc(Cl)cc(Cl)c2)c2ccc(C3=CCCCC3)cc2)cc1)C(=O)O. The van der Waals surface area contributed by atoms with Crippen LogP contribution in [0.2, 0.25) is 10.0 Å². The quantitative estimate of drug-likeness (QED) is 0.265. The molecule has 3 aromatic rings. The lowest BCUT2D eigenvalue weighted by atomic mass is 9.93. The summed E-state index contributed by atoms with van der Waals surface area (Å²) in [6.45, 7) is 1.61. The Kier molecular flexibility index (Phi) is 9.28. The van der Waals surface area contributed by atoms with Gasteiger partial charge in [-0.1, -0.05) is 53.5 Å². The summed E-state index contributed by atoms with van der Waals surface area (Å²) in [5.41, 5.74) is 4.72. The van der Waals surface area contributed by atoms with Gasteiger partial charge in [0.25, 0.3) is 5.91 Å². The summed E-state index contributed by atoms with van der Waals surface area (Å²) in [5, 5.41) is 15.1. The van der Waals surface area contributed by atoms with Crippen molar-refractivity contribution < 1.29 is 19.5 Å². The lowest BCUT2D eigenvalue weighted by molar-refractivity contribution is -0.138. The van der Waals surface area contributed by atoms with Crippen molar-refractivity contribution in [1.82, 2.24) is 5.32 Å². The first-order valence-electron chi connectivity index (χ1n) is 12.7. The van der Waals surface area contributed by atoms with Crippen molar-refractivity contribution >= 4 is 58.1 Å². The highest BCUT2D eigenvalue weighted by Crippen LogP contribution is 2.29. The monoisotopic (exact) mass is 565 g/mol. The number of hydrogen-bond acceptors (Lipinski definition) is 3. The Hall–Kier alpha value is -3.81. The van der Waals surface area contributed by atoms with Crippen LogP contribution in [0.4, 0.5) is 16.2 Å². The molecule has 4 rings (SSSR count). The molecule has 1 atom stereocenters. The molecule has 0 spiro atoms. The zero-order valence-electron chi connectivity index (χ0n) is 21.4. The first-order chi connectivity index (χ1) is 18.7. The Balaban J connectivity index is 1.57. The lowest BCUT2D eigenvalue weighted by Crippen LogP contribution is -2.38. The number of rotatable bonds is 8. The van der Waals surface area contributed by atoms with Crippen LogP contribution >= 0.6 is 23.2 Å². The summed E-state index contributed by atoms with van der Waals surface area (Å²) in [5.74, 6) is -1.61. The van der Waals surface area contributed by atoms with Crippen molar-refractivity contribution in [2.24, 2.45) is 0 Å². The Bertz CT molecular complexity index is 1370. The van der Waals surface area contributed by atoms with Crippen molar-refractivity contribution in [1.29, 1.82) is 0 Å². The third-order valence-corrected chi connectivity index (χ3v) is 6.91. The van der Waals surface area contributed by atoms with Gasteiger partial charge in [0, 0.05) is 27.0 Å². The van der Waals surface area contributed by atoms with Crippen LogP contribution in [-0.2, 0) is 11.3 Å². The number of anilines is 2. The number of carboxylic acids is 1. The predicted molar refractivity (Wildman–Crippen MR) is 156 cm³/mol. The topological polar surface area (TPSA) is 98.7 Å². The maximum Gasteiger partial charge on any atom is 0.326 e. The molecule has 3 N–H and O–H groups in total. The van der Waals surface area contributed by atoms with Gasteiger partial charge in [-0.15, -0.1) is 0 Å². The zero-order valence-corrected chi connectivity index (χ0v) is 22.9. The Labute approximate surface area is 237 Å². The molecule has 0 saturated heterocycles. The van der Waals surface area contributed by atoms with E-state index in [1.165, 1.54) is 25.3 Å². The number of nitrogens with one attached hydrogen (secondary N) is 2.